The molecule has 1 atom stereocenters. The zero-order chi connectivity index (χ0) is 22.1. The van der Waals surface area contributed by atoms with E-state index in [4.69, 9.17) is 4.98 Å². The quantitative estimate of drug-likeness (QED) is 0.390. The summed E-state index contributed by atoms with van der Waals surface area (Å²) in [6.07, 6.45) is 0. The summed E-state index contributed by atoms with van der Waals surface area (Å²) in [6.45, 7) is 5.97. The van der Waals surface area contributed by atoms with Crippen LogP contribution in [0.5, 0.6) is 0 Å². The predicted octanol–water partition coefficient (Wildman–Crippen LogP) is 6.53. The van der Waals surface area contributed by atoms with Gasteiger partial charge in [0.25, 0.3) is 0 Å². The van der Waals surface area contributed by atoms with Crippen LogP contribution in [0.4, 0.5) is 10.1 Å². The van der Waals surface area contributed by atoms with Crippen molar-refractivity contribution in [3.63, 3.8) is 0 Å². The molecule has 4 aromatic rings. The van der Waals surface area contributed by atoms with Crippen LogP contribution in [-0.2, 0) is 0 Å². The predicted molar refractivity (Wildman–Crippen MR) is 122 cm³/mol. The summed E-state index contributed by atoms with van der Waals surface area (Å²) in [5.74, 6) is -1.25. The Balaban J connectivity index is 1.82. The maximum Gasteiger partial charge on any atom is 0.337 e. The topological polar surface area (TPSA) is 62.2 Å². The normalized spacial score (nSPS) is 12.0. The number of anilines is 1. The highest BCUT2D eigenvalue weighted by Crippen LogP contribution is 2.33. The molecule has 0 bridgehead atoms. The van der Waals surface area contributed by atoms with Crippen LogP contribution >= 0.6 is 0 Å². The summed E-state index contributed by atoms with van der Waals surface area (Å²) in [5.41, 5.74) is 6.47. The number of carboxylic acid groups (broad SMARTS) is 1. The van der Waals surface area contributed by atoms with Gasteiger partial charge < -0.3 is 10.4 Å². The van der Waals surface area contributed by atoms with Crippen LogP contribution in [0, 0.1) is 19.7 Å². The Bertz CT molecular complexity index is 1280. The number of nitrogens with one attached hydrogen (secondary N) is 1. The number of aromatic carboxylic acids is 1. The van der Waals surface area contributed by atoms with Crippen LogP contribution in [0.3, 0.4) is 0 Å². The summed E-state index contributed by atoms with van der Waals surface area (Å²) >= 11 is 0. The lowest BCUT2D eigenvalue weighted by atomic mass is 9.95. The molecular formula is C26H23FN2O2. The van der Waals surface area contributed by atoms with Gasteiger partial charge >= 0.3 is 5.97 Å². The summed E-state index contributed by atoms with van der Waals surface area (Å²) in [6, 6.07) is 19.3. The number of fused-ring (bicyclic) bond motifs is 1. The van der Waals surface area contributed by atoms with Crippen LogP contribution < -0.4 is 5.32 Å². The molecular weight excluding hydrogens is 391 g/mol. The van der Waals surface area contributed by atoms with Crippen molar-refractivity contribution in [3.05, 3.63) is 94.9 Å². The SMILES string of the molecule is Cc1cc(C(C)Nc2ccccc2C(=O)O)c2cc(-c3ccc(F)cc3)c(C)nc2c1. The van der Waals surface area contributed by atoms with Crippen molar-refractivity contribution in [2.45, 2.75) is 26.8 Å². The molecule has 3 aromatic carbocycles. The number of hydrogen-bond acceptors (Lipinski definition) is 3. The van der Waals surface area contributed by atoms with Gasteiger partial charge in [-0.3, -0.25) is 4.98 Å². The van der Waals surface area contributed by atoms with E-state index >= 15 is 0 Å². The number of rotatable bonds is 5. The minimum Gasteiger partial charge on any atom is -0.478 e. The number of para-hydroxylation sites is 1. The number of benzene rings is 3. The van der Waals surface area contributed by atoms with Crippen molar-refractivity contribution in [1.82, 2.24) is 4.98 Å². The molecule has 31 heavy (non-hydrogen) atoms. The molecule has 1 aromatic heterocycles. The van der Waals surface area contributed by atoms with Crippen LogP contribution in [0.2, 0.25) is 0 Å². The van der Waals surface area contributed by atoms with Crippen LogP contribution in [0.15, 0.2) is 66.7 Å². The van der Waals surface area contributed by atoms with E-state index in [0.29, 0.717) is 5.69 Å². The lowest BCUT2D eigenvalue weighted by molar-refractivity contribution is 0.0698. The number of carbonyl (C=O) groups is 1. The number of pyridine rings is 1. The minimum absolute atomic E-state index is 0.159. The van der Waals surface area contributed by atoms with E-state index in [2.05, 4.69) is 17.4 Å². The molecule has 156 valence electrons. The second-order valence-electron chi connectivity index (χ2n) is 7.77. The first-order valence-electron chi connectivity index (χ1n) is 10.1. The molecule has 5 heteroatoms. The fourth-order valence-corrected chi connectivity index (χ4v) is 3.93. The molecule has 0 amide bonds. The van der Waals surface area contributed by atoms with Gasteiger partial charge in [-0.1, -0.05) is 30.3 Å². The van der Waals surface area contributed by atoms with Gasteiger partial charge in [0.1, 0.15) is 5.82 Å². The summed E-state index contributed by atoms with van der Waals surface area (Å²) in [4.78, 5) is 16.4. The second kappa shape index (κ2) is 8.19. The number of hydrogen-bond donors (Lipinski definition) is 2. The first-order chi connectivity index (χ1) is 14.8. The van der Waals surface area contributed by atoms with Gasteiger partial charge in [-0.05, 0) is 73.9 Å². The molecule has 0 saturated carbocycles. The fourth-order valence-electron chi connectivity index (χ4n) is 3.93. The minimum atomic E-state index is -0.972. The first-order valence-corrected chi connectivity index (χ1v) is 10.1. The van der Waals surface area contributed by atoms with Crippen molar-refractivity contribution < 1.29 is 14.3 Å². The monoisotopic (exact) mass is 414 g/mol. The van der Waals surface area contributed by atoms with E-state index in [-0.39, 0.29) is 17.4 Å². The molecule has 2 N–H and O–H groups in total. The number of aryl methyl sites for hydroxylation is 2. The van der Waals surface area contributed by atoms with Crippen molar-refractivity contribution in [1.29, 1.82) is 0 Å². The van der Waals surface area contributed by atoms with Crippen molar-refractivity contribution in [3.8, 4) is 11.1 Å². The zero-order valence-electron chi connectivity index (χ0n) is 17.6. The molecule has 0 fully saturated rings. The number of aromatic nitrogens is 1. The highest BCUT2D eigenvalue weighted by atomic mass is 19.1. The average molecular weight is 414 g/mol. The third-order valence-corrected chi connectivity index (χ3v) is 5.45. The Morgan fingerprint density at radius 1 is 1.03 bits per heavy atom. The van der Waals surface area contributed by atoms with Crippen molar-refractivity contribution in [2.75, 3.05) is 5.32 Å². The Labute approximate surface area is 180 Å². The largest absolute Gasteiger partial charge is 0.478 e. The Kier molecular flexibility index (Phi) is 5.42. The molecule has 0 aliphatic rings. The standard InChI is InChI=1S/C26H23FN2O2/c1-15-12-22(17(3)28-24-7-5-4-6-20(24)26(30)31)23-14-21(16(2)29-25(23)13-15)18-8-10-19(27)11-9-18/h4-14,17,28H,1-3H3,(H,30,31). The summed E-state index contributed by atoms with van der Waals surface area (Å²) in [5, 5.41) is 13.8. The van der Waals surface area contributed by atoms with Gasteiger partial charge in [-0.2, -0.15) is 0 Å². The smallest absolute Gasteiger partial charge is 0.337 e. The van der Waals surface area contributed by atoms with E-state index in [0.717, 1.165) is 38.9 Å². The molecule has 0 aliphatic heterocycles. The summed E-state index contributed by atoms with van der Waals surface area (Å²) in [7, 11) is 0. The van der Waals surface area contributed by atoms with Crippen LogP contribution in [0.25, 0.3) is 22.0 Å². The maximum absolute atomic E-state index is 13.4. The Morgan fingerprint density at radius 2 is 1.74 bits per heavy atom. The third kappa shape index (κ3) is 4.12. The van der Waals surface area contributed by atoms with Crippen molar-refractivity contribution in [2.24, 2.45) is 0 Å². The summed E-state index contributed by atoms with van der Waals surface area (Å²) < 4.78 is 13.4. The highest BCUT2D eigenvalue weighted by Gasteiger charge is 2.17. The van der Waals surface area contributed by atoms with Gasteiger partial charge in [0, 0.05) is 28.4 Å². The Hall–Kier alpha value is -3.73. The fraction of sp³-hybridized carbons (Fsp3) is 0.154. The third-order valence-electron chi connectivity index (χ3n) is 5.45. The molecule has 1 heterocycles. The van der Waals surface area contributed by atoms with Crippen molar-refractivity contribution >= 4 is 22.6 Å². The molecule has 4 nitrogen and oxygen atoms in total. The van der Waals surface area contributed by atoms with E-state index in [9.17, 15) is 14.3 Å². The highest BCUT2D eigenvalue weighted by molar-refractivity contribution is 5.94. The average Bonchev–Trinajstić information content (AvgIpc) is 2.73. The van der Waals surface area contributed by atoms with Gasteiger partial charge in [-0.25, -0.2) is 9.18 Å². The molecule has 0 saturated heterocycles. The second-order valence-corrected chi connectivity index (χ2v) is 7.77. The van der Waals surface area contributed by atoms with Crippen LogP contribution in [0.1, 0.15) is 40.1 Å². The first kappa shape index (κ1) is 20.5. The van der Waals surface area contributed by atoms with Gasteiger partial charge in [0.2, 0.25) is 0 Å². The lowest BCUT2D eigenvalue weighted by Gasteiger charge is -2.20. The van der Waals surface area contributed by atoms with Crippen LogP contribution in [-0.4, -0.2) is 16.1 Å². The maximum atomic E-state index is 13.4. The van der Waals surface area contributed by atoms with E-state index in [1.165, 1.54) is 12.1 Å². The zero-order valence-corrected chi connectivity index (χ0v) is 17.6. The molecule has 4 rings (SSSR count). The molecule has 0 aliphatic carbocycles. The molecule has 0 radical (unpaired) electrons. The number of carboxylic acids is 1. The lowest BCUT2D eigenvalue weighted by Crippen LogP contribution is -2.11. The van der Waals surface area contributed by atoms with E-state index in [1.807, 2.05) is 32.9 Å². The number of halogens is 1. The van der Waals surface area contributed by atoms with Gasteiger partial charge in [0.15, 0.2) is 0 Å². The van der Waals surface area contributed by atoms with Gasteiger partial charge in [0.05, 0.1) is 11.1 Å². The van der Waals surface area contributed by atoms with Gasteiger partial charge in [-0.15, -0.1) is 0 Å². The molecule has 1 unspecified atom stereocenters. The van der Waals surface area contributed by atoms with E-state index in [1.54, 1.807) is 30.3 Å². The molecule has 0 spiro atoms. The van der Waals surface area contributed by atoms with E-state index < -0.39 is 5.97 Å². The Morgan fingerprint density at radius 3 is 2.45 bits per heavy atom. The number of nitrogens with zero attached hydrogens (tertiary/aromatic N) is 1.